The highest BCUT2D eigenvalue weighted by atomic mass is 16.7. The van der Waals surface area contributed by atoms with Crippen molar-refractivity contribution in [3.05, 3.63) is 42.4 Å². The molecule has 2 aromatic heterocycles. The van der Waals surface area contributed by atoms with Crippen LogP contribution in [0.25, 0.3) is 16.6 Å². The van der Waals surface area contributed by atoms with E-state index >= 15 is 0 Å². The first kappa shape index (κ1) is 13.4. The average Bonchev–Trinajstić information content (AvgIpc) is 3.16. The lowest BCUT2D eigenvalue weighted by molar-refractivity contribution is 0.144. The van der Waals surface area contributed by atoms with Crippen LogP contribution in [-0.4, -0.2) is 25.6 Å². The molecule has 0 bridgehead atoms. The average molecular weight is 308 g/mol. The highest BCUT2D eigenvalue weighted by Gasteiger charge is 2.26. The Bertz CT molecular complexity index is 960. The molecule has 0 amide bonds. The Kier molecular flexibility index (Phi) is 2.84. The van der Waals surface area contributed by atoms with Gasteiger partial charge in [-0.15, -0.1) is 0 Å². The Morgan fingerprint density at radius 2 is 2.22 bits per heavy atom. The quantitative estimate of drug-likeness (QED) is 0.750. The van der Waals surface area contributed by atoms with Gasteiger partial charge < -0.3 is 14.4 Å². The van der Waals surface area contributed by atoms with Crippen LogP contribution in [0, 0.1) is 11.3 Å². The number of nitriles is 1. The summed E-state index contributed by atoms with van der Waals surface area (Å²) in [5, 5.41) is 22.9. The molecule has 0 atom stereocenters. The fraction of sp³-hybridized carbons (Fsp3) is 0.188. The molecule has 7 nitrogen and oxygen atoms in total. The predicted octanol–water partition coefficient (Wildman–Crippen LogP) is 3.09. The molecule has 0 saturated heterocycles. The summed E-state index contributed by atoms with van der Waals surface area (Å²) in [5.41, 5.74) is 2.40. The highest BCUT2D eigenvalue weighted by molar-refractivity contribution is 5.88. The van der Waals surface area contributed by atoms with Gasteiger partial charge in [0, 0.05) is 23.1 Å². The first-order chi connectivity index (χ1) is 11.2. The standard InChI is InChI=1S/C16H12N4O3/c17-6-10-8-19(11-1-2-11)15-4-3-12(5-14(10)15)20-9-13(7-18-20)23-16(21)22/h3-5,7-9,11H,1-2H2,(H,21,22). The Hall–Kier alpha value is -3.27. The second-order valence-electron chi connectivity index (χ2n) is 5.48. The minimum absolute atomic E-state index is 0.147. The molecule has 0 radical (unpaired) electrons. The molecular weight excluding hydrogens is 296 g/mol. The van der Waals surface area contributed by atoms with E-state index in [9.17, 15) is 10.1 Å². The third kappa shape index (κ3) is 2.30. The van der Waals surface area contributed by atoms with E-state index < -0.39 is 6.16 Å². The summed E-state index contributed by atoms with van der Waals surface area (Å²) in [6, 6.07) is 8.45. The molecule has 23 heavy (non-hydrogen) atoms. The van der Waals surface area contributed by atoms with Crippen molar-refractivity contribution < 1.29 is 14.6 Å². The van der Waals surface area contributed by atoms with Crippen LogP contribution in [0.3, 0.4) is 0 Å². The van der Waals surface area contributed by atoms with Gasteiger partial charge in [0.25, 0.3) is 0 Å². The van der Waals surface area contributed by atoms with E-state index in [1.54, 1.807) is 0 Å². The van der Waals surface area contributed by atoms with Crippen molar-refractivity contribution >= 4 is 17.1 Å². The lowest BCUT2D eigenvalue weighted by Crippen LogP contribution is -2.02. The second kappa shape index (κ2) is 4.88. The van der Waals surface area contributed by atoms with E-state index in [1.807, 2.05) is 24.4 Å². The van der Waals surface area contributed by atoms with E-state index in [0.29, 0.717) is 11.6 Å². The topological polar surface area (TPSA) is 93.1 Å². The first-order valence-corrected chi connectivity index (χ1v) is 7.16. The van der Waals surface area contributed by atoms with Gasteiger partial charge >= 0.3 is 6.16 Å². The van der Waals surface area contributed by atoms with Crippen molar-refractivity contribution in [3.8, 4) is 17.5 Å². The maximum atomic E-state index is 10.5. The summed E-state index contributed by atoms with van der Waals surface area (Å²) in [6.45, 7) is 0. The number of hydrogen-bond donors (Lipinski definition) is 1. The number of fused-ring (bicyclic) bond motifs is 1. The Labute approximate surface area is 130 Å². The van der Waals surface area contributed by atoms with Gasteiger partial charge in [0.15, 0.2) is 5.75 Å². The molecule has 2 heterocycles. The van der Waals surface area contributed by atoms with Gasteiger partial charge in [-0.25, -0.2) is 9.48 Å². The number of hydrogen-bond acceptors (Lipinski definition) is 4. The van der Waals surface area contributed by atoms with Crippen LogP contribution in [0.4, 0.5) is 4.79 Å². The van der Waals surface area contributed by atoms with Gasteiger partial charge in [-0.3, -0.25) is 0 Å². The van der Waals surface area contributed by atoms with Crippen LogP contribution in [-0.2, 0) is 0 Å². The normalized spacial score (nSPS) is 13.9. The molecule has 1 aromatic carbocycles. The van der Waals surface area contributed by atoms with Crippen molar-refractivity contribution in [2.24, 2.45) is 0 Å². The minimum atomic E-state index is -1.38. The second-order valence-corrected chi connectivity index (χ2v) is 5.48. The molecule has 4 rings (SSSR count). The molecule has 1 aliphatic carbocycles. The Morgan fingerprint density at radius 1 is 1.39 bits per heavy atom. The molecule has 0 aliphatic heterocycles. The summed E-state index contributed by atoms with van der Waals surface area (Å²) in [6.07, 6.45) is 5.62. The first-order valence-electron chi connectivity index (χ1n) is 7.16. The van der Waals surface area contributed by atoms with Crippen molar-refractivity contribution in [3.63, 3.8) is 0 Å². The van der Waals surface area contributed by atoms with Gasteiger partial charge in [-0.1, -0.05) is 0 Å². The Morgan fingerprint density at radius 3 is 2.91 bits per heavy atom. The summed E-state index contributed by atoms with van der Waals surface area (Å²) < 4.78 is 8.24. The van der Waals surface area contributed by atoms with Crippen LogP contribution in [0.1, 0.15) is 24.4 Å². The number of rotatable bonds is 3. The zero-order chi connectivity index (χ0) is 16.0. The van der Waals surface area contributed by atoms with E-state index in [2.05, 4.69) is 20.5 Å². The van der Waals surface area contributed by atoms with Crippen LogP contribution in [0.5, 0.6) is 5.75 Å². The molecule has 1 N–H and O–H groups in total. The highest BCUT2D eigenvalue weighted by Crippen LogP contribution is 2.39. The molecule has 1 fully saturated rings. The number of carboxylic acid groups (broad SMARTS) is 1. The van der Waals surface area contributed by atoms with Gasteiger partial charge in [0.2, 0.25) is 0 Å². The molecule has 1 saturated carbocycles. The van der Waals surface area contributed by atoms with E-state index in [4.69, 9.17) is 5.11 Å². The maximum Gasteiger partial charge on any atom is 0.511 e. The van der Waals surface area contributed by atoms with Crippen LogP contribution < -0.4 is 4.74 Å². The summed E-state index contributed by atoms with van der Waals surface area (Å²) >= 11 is 0. The fourth-order valence-electron chi connectivity index (χ4n) is 2.73. The summed E-state index contributed by atoms with van der Waals surface area (Å²) in [4.78, 5) is 10.5. The number of nitrogens with zero attached hydrogens (tertiary/aromatic N) is 4. The lowest BCUT2D eigenvalue weighted by atomic mass is 10.1. The summed E-state index contributed by atoms with van der Waals surface area (Å²) in [7, 11) is 0. The zero-order valence-corrected chi connectivity index (χ0v) is 12.0. The maximum absolute atomic E-state index is 10.5. The summed E-state index contributed by atoms with van der Waals surface area (Å²) in [5.74, 6) is 0.147. The third-order valence-corrected chi connectivity index (χ3v) is 3.91. The fourth-order valence-corrected chi connectivity index (χ4v) is 2.73. The van der Waals surface area contributed by atoms with Gasteiger partial charge in [0.1, 0.15) is 6.07 Å². The van der Waals surface area contributed by atoms with Crippen molar-refractivity contribution in [1.82, 2.24) is 14.3 Å². The van der Waals surface area contributed by atoms with Gasteiger partial charge in [-0.2, -0.15) is 10.4 Å². The van der Waals surface area contributed by atoms with Crippen molar-refractivity contribution in [2.75, 3.05) is 0 Å². The van der Waals surface area contributed by atoms with Crippen molar-refractivity contribution in [2.45, 2.75) is 18.9 Å². The lowest BCUT2D eigenvalue weighted by Gasteiger charge is -2.04. The third-order valence-electron chi connectivity index (χ3n) is 3.91. The molecule has 0 spiro atoms. The van der Waals surface area contributed by atoms with E-state index in [0.717, 1.165) is 29.4 Å². The van der Waals surface area contributed by atoms with Crippen molar-refractivity contribution in [1.29, 1.82) is 5.26 Å². The molecule has 7 heteroatoms. The molecule has 114 valence electrons. The van der Waals surface area contributed by atoms with Gasteiger partial charge in [-0.05, 0) is 31.0 Å². The number of benzene rings is 1. The largest absolute Gasteiger partial charge is 0.511 e. The molecule has 3 aromatic rings. The minimum Gasteiger partial charge on any atom is -0.449 e. The van der Waals surface area contributed by atoms with Gasteiger partial charge in [0.05, 0.1) is 23.6 Å². The van der Waals surface area contributed by atoms with E-state index in [-0.39, 0.29) is 5.75 Å². The predicted molar refractivity (Wildman–Crippen MR) is 80.7 cm³/mol. The molecule has 0 unspecified atom stereocenters. The smallest absolute Gasteiger partial charge is 0.449 e. The Balaban J connectivity index is 1.78. The van der Waals surface area contributed by atoms with Crippen LogP contribution >= 0.6 is 0 Å². The van der Waals surface area contributed by atoms with Crippen LogP contribution in [0.2, 0.25) is 0 Å². The monoisotopic (exact) mass is 308 g/mol. The SMILES string of the molecule is N#Cc1cn(C2CC2)c2ccc(-n3cc(OC(=O)O)cn3)cc12. The number of carbonyl (C=O) groups is 1. The van der Waals surface area contributed by atoms with E-state index in [1.165, 1.54) is 17.1 Å². The molecular formula is C16H12N4O3. The number of ether oxygens (including phenoxy) is 1. The number of aromatic nitrogens is 3. The van der Waals surface area contributed by atoms with Crippen LogP contribution in [0.15, 0.2) is 36.8 Å². The zero-order valence-electron chi connectivity index (χ0n) is 12.0. The molecule has 1 aliphatic rings.